The minimum absolute atomic E-state index is 0.524. The van der Waals surface area contributed by atoms with Crippen LogP contribution in [0.4, 0.5) is 4.79 Å². The average molecular weight is 146 g/mol. The molecule has 0 saturated carbocycles. The van der Waals surface area contributed by atoms with Crippen molar-refractivity contribution in [3.05, 3.63) is 0 Å². The number of carbonyl (C=O) groups is 1. The van der Waals surface area contributed by atoms with Gasteiger partial charge in [-0.2, -0.15) is 5.12 Å². The molecule has 2 amide bonds. The van der Waals surface area contributed by atoms with E-state index >= 15 is 0 Å². The van der Waals surface area contributed by atoms with Crippen LogP contribution in [0.25, 0.3) is 0 Å². The van der Waals surface area contributed by atoms with E-state index in [0.29, 0.717) is 13.1 Å². The van der Waals surface area contributed by atoms with Crippen molar-refractivity contribution in [1.82, 2.24) is 16.0 Å². The smallest absolute Gasteiger partial charge is 0.344 e. The van der Waals surface area contributed by atoms with Gasteiger partial charge in [0.1, 0.15) is 0 Å². The first-order valence-electron chi connectivity index (χ1n) is 3.28. The Labute approximate surface area is 60.5 Å². The van der Waals surface area contributed by atoms with Gasteiger partial charge in [0.2, 0.25) is 0 Å². The van der Waals surface area contributed by atoms with Gasteiger partial charge in [0, 0.05) is 13.1 Å². The fraction of sp³-hybridized carbons (Fsp3) is 0.800. The molecule has 0 spiro atoms. The molecule has 0 aromatic rings. The quantitative estimate of drug-likeness (QED) is 0.464. The van der Waals surface area contributed by atoms with E-state index in [2.05, 4.69) is 10.9 Å². The summed E-state index contributed by atoms with van der Waals surface area (Å²) in [6, 6.07) is -0.524. The van der Waals surface area contributed by atoms with E-state index < -0.39 is 6.03 Å². The van der Waals surface area contributed by atoms with Crippen molar-refractivity contribution in [3.8, 4) is 0 Å². The number of primary amides is 1. The molecule has 0 atom stereocenters. The Balaban J connectivity index is 3.61. The van der Waals surface area contributed by atoms with E-state index in [1.165, 1.54) is 5.12 Å². The highest BCUT2D eigenvalue weighted by Gasteiger charge is 2.03. The molecule has 0 aromatic heterocycles. The van der Waals surface area contributed by atoms with Crippen LogP contribution in [0.5, 0.6) is 0 Å². The second-order valence-electron chi connectivity index (χ2n) is 1.70. The molecule has 10 heavy (non-hydrogen) atoms. The van der Waals surface area contributed by atoms with Crippen molar-refractivity contribution in [1.29, 1.82) is 0 Å². The standard InChI is InChI=1S/C5H14N4O/c1-3-7-9(5(6)10)8-4-2/h7-8H,3-4H2,1-2H3,(H2,6,10). The van der Waals surface area contributed by atoms with Crippen molar-refractivity contribution in [2.24, 2.45) is 5.73 Å². The van der Waals surface area contributed by atoms with Gasteiger partial charge in [-0.25, -0.2) is 15.6 Å². The summed E-state index contributed by atoms with van der Waals surface area (Å²) in [5.74, 6) is 0. The lowest BCUT2D eigenvalue weighted by Gasteiger charge is -2.19. The predicted octanol–water partition coefficient (Wildman–Crippen LogP) is -0.584. The van der Waals surface area contributed by atoms with E-state index in [1.807, 2.05) is 13.8 Å². The van der Waals surface area contributed by atoms with E-state index in [-0.39, 0.29) is 0 Å². The first-order valence-corrected chi connectivity index (χ1v) is 3.28. The lowest BCUT2D eigenvalue weighted by Crippen LogP contribution is -2.54. The van der Waals surface area contributed by atoms with Gasteiger partial charge in [-0.1, -0.05) is 13.8 Å². The summed E-state index contributed by atoms with van der Waals surface area (Å²) in [6.07, 6.45) is 0. The van der Waals surface area contributed by atoms with Crippen LogP contribution in [0.2, 0.25) is 0 Å². The van der Waals surface area contributed by atoms with Crippen molar-refractivity contribution in [3.63, 3.8) is 0 Å². The van der Waals surface area contributed by atoms with Crippen LogP contribution < -0.4 is 16.6 Å². The molecule has 0 aliphatic carbocycles. The number of nitrogens with zero attached hydrogens (tertiary/aromatic N) is 1. The third kappa shape index (κ3) is 3.26. The van der Waals surface area contributed by atoms with Gasteiger partial charge in [-0.05, 0) is 0 Å². The van der Waals surface area contributed by atoms with Crippen LogP contribution in [0.1, 0.15) is 13.8 Å². The number of urea groups is 1. The summed E-state index contributed by atoms with van der Waals surface area (Å²) in [4.78, 5) is 10.5. The van der Waals surface area contributed by atoms with Crippen LogP contribution in [-0.2, 0) is 0 Å². The van der Waals surface area contributed by atoms with Gasteiger partial charge in [0.05, 0.1) is 0 Å². The van der Waals surface area contributed by atoms with Crippen LogP contribution >= 0.6 is 0 Å². The topological polar surface area (TPSA) is 70.4 Å². The van der Waals surface area contributed by atoms with E-state index in [9.17, 15) is 4.79 Å². The number of carbonyl (C=O) groups excluding carboxylic acids is 1. The van der Waals surface area contributed by atoms with Crippen LogP contribution in [0, 0.1) is 0 Å². The number of hydrazine groups is 2. The minimum atomic E-state index is -0.524. The number of hydrogen-bond donors (Lipinski definition) is 3. The molecule has 5 nitrogen and oxygen atoms in total. The van der Waals surface area contributed by atoms with Gasteiger partial charge < -0.3 is 5.73 Å². The minimum Gasteiger partial charge on any atom is -0.349 e. The molecule has 0 unspecified atom stereocenters. The molecule has 0 aliphatic heterocycles. The van der Waals surface area contributed by atoms with Crippen LogP contribution in [-0.4, -0.2) is 24.2 Å². The highest BCUT2D eigenvalue weighted by Crippen LogP contribution is 1.72. The lowest BCUT2D eigenvalue weighted by molar-refractivity contribution is 0.144. The predicted molar refractivity (Wildman–Crippen MR) is 38.8 cm³/mol. The number of amides is 2. The first kappa shape index (κ1) is 9.19. The normalized spacial score (nSPS) is 9.40. The summed E-state index contributed by atoms with van der Waals surface area (Å²) in [7, 11) is 0. The van der Waals surface area contributed by atoms with Crippen LogP contribution in [0.15, 0.2) is 0 Å². The molecule has 5 heteroatoms. The third-order valence-electron chi connectivity index (χ3n) is 0.853. The molecular weight excluding hydrogens is 132 g/mol. The number of nitrogens with two attached hydrogens (primary N) is 1. The maximum absolute atomic E-state index is 10.5. The largest absolute Gasteiger partial charge is 0.349 e. The number of rotatable bonds is 4. The fourth-order valence-electron chi connectivity index (χ4n) is 0.528. The second kappa shape index (κ2) is 5.01. The Kier molecular flexibility index (Phi) is 4.61. The van der Waals surface area contributed by atoms with Gasteiger partial charge in [-0.3, -0.25) is 0 Å². The SMILES string of the molecule is CCNN(NCC)C(N)=O. The first-order chi connectivity index (χ1) is 4.72. The summed E-state index contributed by atoms with van der Waals surface area (Å²) in [5, 5.41) is 1.17. The molecule has 0 radical (unpaired) electrons. The molecule has 0 aliphatic rings. The van der Waals surface area contributed by atoms with Gasteiger partial charge >= 0.3 is 6.03 Å². The molecular formula is C5H14N4O. The van der Waals surface area contributed by atoms with Crippen molar-refractivity contribution in [2.45, 2.75) is 13.8 Å². The molecule has 0 heterocycles. The summed E-state index contributed by atoms with van der Waals surface area (Å²) < 4.78 is 0. The van der Waals surface area contributed by atoms with Crippen LogP contribution in [0.3, 0.4) is 0 Å². The highest BCUT2D eigenvalue weighted by atomic mass is 16.2. The number of hydrogen-bond acceptors (Lipinski definition) is 3. The average Bonchev–Trinajstić information content (AvgIpc) is 1.87. The third-order valence-corrected chi connectivity index (χ3v) is 0.853. The van der Waals surface area contributed by atoms with Gasteiger partial charge in [0.15, 0.2) is 0 Å². The number of nitrogens with one attached hydrogen (secondary N) is 2. The van der Waals surface area contributed by atoms with Crippen molar-refractivity contribution < 1.29 is 4.79 Å². The zero-order chi connectivity index (χ0) is 7.98. The Hall–Kier alpha value is -0.810. The molecule has 0 fully saturated rings. The van der Waals surface area contributed by atoms with Crippen molar-refractivity contribution in [2.75, 3.05) is 13.1 Å². The van der Waals surface area contributed by atoms with Gasteiger partial charge in [0.25, 0.3) is 0 Å². The Bertz CT molecular complexity index is 99.8. The molecule has 0 rings (SSSR count). The Morgan fingerprint density at radius 3 is 2.00 bits per heavy atom. The fourth-order valence-corrected chi connectivity index (χ4v) is 0.528. The molecule has 4 N–H and O–H groups in total. The second-order valence-corrected chi connectivity index (χ2v) is 1.70. The Morgan fingerprint density at radius 1 is 1.40 bits per heavy atom. The van der Waals surface area contributed by atoms with Gasteiger partial charge in [-0.15, -0.1) is 0 Å². The maximum atomic E-state index is 10.5. The molecule has 0 bridgehead atoms. The molecule has 60 valence electrons. The monoisotopic (exact) mass is 146 g/mol. The zero-order valence-electron chi connectivity index (χ0n) is 6.35. The Morgan fingerprint density at radius 2 is 1.80 bits per heavy atom. The van der Waals surface area contributed by atoms with E-state index in [4.69, 9.17) is 5.73 Å². The maximum Gasteiger partial charge on any atom is 0.344 e. The summed E-state index contributed by atoms with van der Waals surface area (Å²) in [6.45, 7) is 5.09. The molecule has 0 saturated heterocycles. The molecule has 0 aromatic carbocycles. The lowest BCUT2D eigenvalue weighted by atomic mass is 10.8. The van der Waals surface area contributed by atoms with E-state index in [0.717, 1.165) is 0 Å². The van der Waals surface area contributed by atoms with Crippen molar-refractivity contribution >= 4 is 6.03 Å². The summed E-state index contributed by atoms with van der Waals surface area (Å²) in [5.41, 5.74) is 10.4. The van der Waals surface area contributed by atoms with E-state index in [1.54, 1.807) is 0 Å². The summed E-state index contributed by atoms with van der Waals surface area (Å²) >= 11 is 0. The highest BCUT2D eigenvalue weighted by molar-refractivity contribution is 5.70. The zero-order valence-corrected chi connectivity index (χ0v) is 6.35.